The molecule has 0 radical (unpaired) electrons. The number of amides is 2. The van der Waals surface area contributed by atoms with Crippen molar-refractivity contribution >= 4 is 6.03 Å². The van der Waals surface area contributed by atoms with Gasteiger partial charge in [0.2, 0.25) is 0 Å². The fourth-order valence-corrected chi connectivity index (χ4v) is 1.60. The minimum absolute atomic E-state index is 0.0800. The molecule has 16 heavy (non-hydrogen) atoms. The molecule has 0 heterocycles. The van der Waals surface area contributed by atoms with Crippen LogP contribution in [0.2, 0.25) is 0 Å². The molecule has 96 valence electrons. The van der Waals surface area contributed by atoms with Gasteiger partial charge in [-0.05, 0) is 25.8 Å². The predicted octanol–water partition coefficient (Wildman–Crippen LogP) is 1.72. The molecule has 2 amide bonds. The number of hydrogen-bond donors (Lipinski definition) is 3. The van der Waals surface area contributed by atoms with Gasteiger partial charge in [-0.25, -0.2) is 4.79 Å². The van der Waals surface area contributed by atoms with Crippen LogP contribution in [0.5, 0.6) is 0 Å². The van der Waals surface area contributed by atoms with E-state index in [1.54, 1.807) is 0 Å². The molecule has 0 saturated heterocycles. The highest BCUT2D eigenvalue weighted by atomic mass is 16.2. The van der Waals surface area contributed by atoms with E-state index in [-0.39, 0.29) is 6.03 Å². The van der Waals surface area contributed by atoms with Crippen LogP contribution in [0.4, 0.5) is 4.79 Å². The normalized spacial score (nSPS) is 12.2. The van der Waals surface area contributed by atoms with Crippen molar-refractivity contribution in [2.45, 2.75) is 40.0 Å². The Kier molecular flexibility index (Phi) is 10.2. The van der Waals surface area contributed by atoms with Crippen LogP contribution in [-0.4, -0.2) is 32.2 Å². The maximum atomic E-state index is 11.0. The van der Waals surface area contributed by atoms with Crippen LogP contribution in [0.25, 0.3) is 0 Å². The van der Waals surface area contributed by atoms with Crippen LogP contribution in [0.15, 0.2) is 0 Å². The van der Waals surface area contributed by atoms with E-state index < -0.39 is 0 Å². The van der Waals surface area contributed by atoms with E-state index in [4.69, 9.17) is 0 Å². The summed E-state index contributed by atoms with van der Waals surface area (Å²) in [5.74, 6) is 0.800. The van der Waals surface area contributed by atoms with E-state index in [2.05, 4.69) is 29.8 Å². The van der Waals surface area contributed by atoms with E-state index >= 15 is 0 Å². The fraction of sp³-hybridized carbons (Fsp3) is 0.917. The Balaban J connectivity index is 3.18. The second-order valence-electron chi connectivity index (χ2n) is 4.22. The first-order valence-corrected chi connectivity index (χ1v) is 6.43. The first-order chi connectivity index (χ1) is 7.70. The van der Waals surface area contributed by atoms with E-state index in [1.165, 1.54) is 19.3 Å². The first-order valence-electron chi connectivity index (χ1n) is 6.43. The van der Waals surface area contributed by atoms with Crippen LogP contribution in [0.3, 0.4) is 0 Å². The lowest BCUT2D eigenvalue weighted by Crippen LogP contribution is -2.39. The molecule has 0 spiro atoms. The molecule has 3 N–H and O–H groups in total. The van der Waals surface area contributed by atoms with Gasteiger partial charge in [0.25, 0.3) is 0 Å². The molecule has 0 aromatic carbocycles. The van der Waals surface area contributed by atoms with Crippen molar-refractivity contribution < 1.29 is 4.79 Å². The van der Waals surface area contributed by atoms with Gasteiger partial charge in [0.15, 0.2) is 0 Å². The number of rotatable bonds is 9. The van der Waals surface area contributed by atoms with Gasteiger partial charge < -0.3 is 16.0 Å². The summed E-state index contributed by atoms with van der Waals surface area (Å²) in [5.41, 5.74) is 0. The minimum atomic E-state index is -0.0800. The molecule has 0 aliphatic carbocycles. The maximum Gasteiger partial charge on any atom is 0.314 e. The number of urea groups is 1. The third kappa shape index (κ3) is 9.77. The van der Waals surface area contributed by atoms with E-state index in [0.717, 1.165) is 19.0 Å². The molecule has 4 nitrogen and oxygen atoms in total. The molecule has 0 aromatic heterocycles. The lowest BCUT2D eigenvalue weighted by molar-refractivity contribution is 0.241. The average molecular weight is 229 g/mol. The largest absolute Gasteiger partial charge is 0.338 e. The third-order valence-corrected chi connectivity index (χ3v) is 2.52. The second-order valence-corrected chi connectivity index (χ2v) is 4.22. The minimum Gasteiger partial charge on any atom is -0.338 e. The van der Waals surface area contributed by atoms with Crippen molar-refractivity contribution in [3.63, 3.8) is 0 Å². The van der Waals surface area contributed by atoms with Crippen LogP contribution in [0.1, 0.15) is 40.0 Å². The van der Waals surface area contributed by atoms with Crippen LogP contribution in [-0.2, 0) is 0 Å². The van der Waals surface area contributed by atoms with Crippen LogP contribution in [0, 0.1) is 5.92 Å². The highest BCUT2D eigenvalue weighted by Crippen LogP contribution is 2.07. The summed E-state index contributed by atoms with van der Waals surface area (Å²) in [6.07, 6.45) is 3.79. The van der Waals surface area contributed by atoms with Crippen molar-refractivity contribution in [2.75, 3.05) is 26.2 Å². The SMILES string of the molecule is CCCC(C)CCNCCNC(=O)NCC. The summed E-state index contributed by atoms with van der Waals surface area (Å²) >= 11 is 0. The standard InChI is InChI=1S/C12H27N3O/c1-4-6-11(3)7-8-13-9-10-15-12(16)14-5-2/h11,13H,4-10H2,1-3H3,(H2,14,15,16). The van der Waals surface area contributed by atoms with Gasteiger partial charge in [0.05, 0.1) is 0 Å². The predicted molar refractivity (Wildman–Crippen MR) is 68.6 cm³/mol. The fourth-order valence-electron chi connectivity index (χ4n) is 1.60. The summed E-state index contributed by atoms with van der Waals surface area (Å²) in [5, 5.41) is 8.81. The first kappa shape index (κ1) is 15.2. The Hall–Kier alpha value is -0.770. The Morgan fingerprint density at radius 3 is 2.44 bits per heavy atom. The van der Waals surface area contributed by atoms with Gasteiger partial charge in [-0.2, -0.15) is 0 Å². The van der Waals surface area contributed by atoms with Crippen molar-refractivity contribution in [3.8, 4) is 0 Å². The Morgan fingerprint density at radius 2 is 1.81 bits per heavy atom. The molecule has 1 atom stereocenters. The van der Waals surface area contributed by atoms with Crippen LogP contribution >= 0.6 is 0 Å². The molecule has 1 unspecified atom stereocenters. The molecule has 0 aliphatic rings. The van der Waals surface area contributed by atoms with Crippen LogP contribution < -0.4 is 16.0 Å². The van der Waals surface area contributed by atoms with Crippen molar-refractivity contribution in [1.82, 2.24) is 16.0 Å². The Labute approximate surface area is 99.6 Å². The average Bonchev–Trinajstić information content (AvgIpc) is 2.24. The molecule has 0 saturated carbocycles. The molecule has 0 rings (SSSR count). The molecular formula is C12H27N3O. The molecular weight excluding hydrogens is 202 g/mol. The summed E-state index contributed by atoms with van der Waals surface area (Å²) < 4.78 is 0. The maximum absolute atomic E-state index is 11.0. The Morgan fingerprint density at radius 1 is 1.06 bits per heavy atom. The number of nitrogens with one attached hydrogen (secondary N) is 3. The second kappa shape index (κ2) is 10.7. The van der Waals surface area contributed by atoms with Crippen molar-refractivity contribution in [1.29, 1.82) is 0 Å². The van der Waals surface area contributed by atoms with Gasteiger partial charge in [-0.3, -0.25) is 0 Å². The van der Waals surface area contributed by atoms with Crippen molar-refractivity contribution in [3.05, 3.63) is 0 Å². The lowest BCUT2D eigenvalue weighted by atomic mass is 10.0. The zero-order valence-corrected chi connectivity index (χ0v) is 10.9. The zero-order valence-electron chi connectivity index (χ0n) is 10.9. The quantitative estimate of drug-likeness (QED) is 0.527. The Bertz CT molecular complexity index is 174. The molecule has 0 aliphatic heterocycles. The smallest absolute Gasteiger partial charge is 0.314 e. The van der Waals surface area contributed by atoms with Crippen molar-refractivity contribution in [2.24, 2.45) is 5.92 Å². The van der Waals surface area contributed by atoms with Gasteiger partial charge in [0, 0.05) is 19.6 Å². The summed E-state index contributed by atoms with van der Waals surface area (Å²) in [6, 6.07) is -0.0800. The number of carbonyl (C=O) groups excluding carboxylic acids is 1. The van der Waals surface area contributed by atoms with E-state index in [1.807, 2.05) is 6.92 Å². The highest BCUT2D eigenvalue weighted by molar-refractivity contribution is 5.73. The summed E-state index contributed by atoms with van der Waals surface area (Å²) in [6.45, 7) is 9.67. The zero-order chi connectivity index (χ0) is 12.2. The van der Waals surface area contributed by atoms with Gasteiger partial charge >= 0.3 is 6.03 Å². The topological polar surface area (TPSA) is 53.2 Å². The van der Waals surface area contributed by atoms with E-state index in [9.17, 15) is 4.79 Å². The van der Waals surface area contributed by atoms with Gasteiger partial charge in [-0.15, -0.1) is 0 Å². The monoisotopic (exact) mass is 229 g/mol. The van der Waals surface area contributed by atoms with Gasteiger partial charge in [-0.1, -0.05) is 26.7 Å². The molecule has 4 heteroatoms. The highest BCUT2D eigenvalue weighted by Gasteiger charge is 1.99. The van der Waals surface area contributed by atoms with Gasteiger partial charge in [0.1, 0.15) is 0 Å². The lowest BCUT2D eigenvalue weighted by Gasteiger charge is -2.11. The number of carbonyl (C=O) groups is 1. The summed E-state index contributed by atoms with van der Waals surface area (Å²) in [4.78, 5) is 11.0. The molecule has 0 fully saturated rings. The molecule has 0 aromatic rings. The van der Waals surface area contributed by atoms with E-state index in [0.29, 0.717) is 13.1 Å². The summed E-state index contributed by atoms with van der Waals surface area (Å²) in [7, 11) is 0. The number of hydrogen-bond acceptors (Lipinski definition) is 2. The third-order valence-electron chi connectivity index (χ3n) is 2.52. The molecule has 0 bridgehead atoms.